The Morgan fingerprint density at radius 1 is 1.15 bits per heavy atom. The Kier molecular flexibility index (Phi) is 6.81. The van der Waals surface area contributed by atoms with Gasteiger partial charge in [-0.3, -0.25) is 15.1 Å². The van der Waals surface area contributed by atoms with Gasteiger partial charge >= 0.3 is 0 Å². The summed E-state index contributed by atoms with van der Waals surface area (Å²) in [6, 6.07) is 18.6. The van der Waals surface area contributed by atoms with E-state index in [2.05, 4.69) is 45.6 Å². The molecule has 1 unspecified atom stereocenters. The standard InChI is InChI=1S/C21H28N4O2/c1-27-14-13-24-11-12-25(19-5-3-2-4-6-19)20(16-24)15-17-7-9-18(10-8-17)21(26)23-22/h2-10,20H,11-16,22H2,1H3,(H,23,26). The molecule has 3 rings (SSSR count). The van der Waals surface area contributed by atoms with Gasteiger partial charge in [0.25, 0.3) is 5.91 Å². The molecule has 1 fully saturated rings. The SMILES string of the molecule is COCCN1CCN(c2ccccc2)C(Cc2ccc(C(=O)NN)cc2)C1. The lowest BCUT2D eigenvalue weighted by Crippen LogP contribution is -2.54. The van der Waals surface area contributed by atoms with Crippen LogP contribution in [-0.2, 0) is 11.2 Å². The number of hydrogen-bond donors (Lipinski definition) is 2. The number of benzene rings is 2. The van der Waals surface area contributed by atoms with Gasteiger partial charge in [0, 0.05) is 50.6 Å². The van der Waals surface area contributed by atoms with E-state index in [0.29, 0.717) is 11.6 Å². The fourth-order valence-electron chi connectivity index (χ4n) is 3.62. The molecule has 1 amide bonds. The van der Waals surface area contributed by atoms with Crippen LogP contribution in [0.5, 0.6) is 0 Å². The molecule has 1 aliphatic rings. The van der Waals surface area contributed by atoms with Crippen LogP contribution in [0.15, 0.2) is 54.6 Å². The summed E-state index contributed by atoms with van der Waals surface area (Å²) < 4.78 is 5.25. The Morgan fingerprint density at radius 2 is 1.89 bits per heavy atom. The number of para-hydroxylation sites is 1. The predicted octanol–water partition coefficient (Wildman–Crippen LogP) is 1.67. The molecule has 27 heavy (non-hydrogen) atoms. The maximum Gasteiger partial charge on any atom is 0.265 e. The lowest BCUT2D eigenvalue weighted by atomic mass is 10.00. The van der Waals surface area contributed by atoms with E-state index in [4.69, 9.17) is 10.6 Å². The summed E-state index contributed by atoms with van der Waals surface area (Å²) in [5, 5.41) is 0. The summed E-state index contributed by atoms with van der Waals surface area (Å²) in [4.78, 5) is 16.6. The lowest BCUT2D eigenvalue weighted by molar-refractivity contribution is 0.0953. The number of ether oxygens (including phenoxy) is 1. The summed E-state index contributed by atoms with van der Waals surface area (Å²) in [6.45, 7) is 4.71. The van der Waals surface area contributed by atoms with Gasteiger partial charge in [-0.25, -0.2) is 5.84 Å². The molecule has 1 saturated heterocycles. The largest absolute Gasteiger partial charge is 0.383 e. The number of nitrogens with one attached hydrogen (secondary N) is 1. The Hall–Kier alpha value is -2.41. The average Bonchev–Trinajstić information content (AvgIpc) is 2.73. The molecule has 1 aliphatic heterocycles. The number of hydrogen-bond acceptors (Lipinski definition) is 5. The minimum absolute atomic E-state index is 0.268. The summed E-state index contributed by atoms with van der Waals surface area (Å²) >= 11 is 0. The topological polar surface area (TPSA) is 70.8 Å². The molecule has 2 aromatic carbocycles. The van der Waals surface area contributed by atoms with Crippen LogP contribution in [0.4, 0.5) is 5.69 Å². The van der Waals surface area contributed by atoms with Crippen LogP contribution in [0.3, 0.4) is 0 Å². The first-order valence-electron chi connectivity index (χ1n) is 9.34. The quantitative estimate of drug-likeness (QED) is 0.442. The van der Waals surface area contributed by atoms with Gasteiger partial charge in [-0.05, 0) is 36.2 Å². The van der Waals surface area contributed by atoms with Gasteiger partial charge in [0.15, 0.2) is 0 Å². The van der Waals surface area contributed by atoms with Crippen molar-refractivity contribution < 1.29 is 9.53 Å². The van der Waals surface area contributed by atoms with E-state index in [1.165, 1.54) is 11.3 Å². The highest BCUT2D eigenvalue weighted by atomic mass is 16.5. The molecule has 1 atom stereocenters. The van der Waals surface area contributed by atoms with Gasteiger partial charge in [-0.15, -0.1) is 0 Å². The second-order valence-electron chi connectivity index (χ2n) is 6.85. The van der Waals surface area contributed by atoms with E-state index in [0.717, 1.165) is 39.2 Å². The van der Waals surface area contributed by atoms with Crippen LogP contribution >= 0.6 is 0 Å². The number of nitrogen functional groups attached to an aromatic ring is 1. The third kappa shape index (κ3) is 5.07. The fourth-order valence-corrected chi connectivity index (χ4v) is 3.62. The Morgan fingerprint density at radius 3 is 2.56 bits per heavy atom. The predicted molar refractivity (Wildman–Crippen MR) is 108 cm³/mol. The first-order chi connectivity index (χ1) is 13.2. The molecule has 2 aromatic rings. The number of methoxy groups -OCH3 is 1. The molecular weight excluding hydrogens is 340 g/mol. The highest BCUT2D eigenvalue weighted by Gasteiger charge is 2.27. The molecule has 0 saturated carbocycles. The minimum Gasteiger partial charge on any atom is -0.383 e. The molecule has 0 spiro atoms. The van der Waals surface area contributed by atoms with E-state index < -0.39 is 0 Å². The van der Waals surface area contributed by atoms with Crippen LogP contribution in [0.1, 0.15) is 15.9 Å². The number of nitrogens with zero attached hydrogens (tertiary/aromatic N) is 2. The Balaban J connectivity index is 1.75. The number of hydrazine groups is 1. The minimum atomic E-state index is -0.268. The average molecular weight is 368 g/mol. The molecule has 6 heteroatoms. The van der Waals surface area contributed by atoms with Crippen molar-refractivity contribution >= 4 is 11.6 Å². The molecule has 0 aromatic heterocycles. The molecule has 0 radical (unpaired) electrons. The normalized spacial score (nSPS) is 17.7. The van der Waals surface area contributed by atoms with Crippen LogP contribution in [0.25, 0.3) is 0 Å². The zero-order valence-electron chi connectivity index (χ0n) is 15.8. The lowest BCUT2D eigenvalue weighted by Gasteiger charge is -2.43. The van der Waals surface area contributed by atoms with Crippen LogP contribution in [0.2, 0.25) is 0 Å². The molecule has 1 heterocycles. The highest BCUT2D eigenvalue weighted by molar-refractivity contribution is 5.93. The van der Waals surface area contributed by atoms with Crippen LogP contribution in [-0.4, -0.2) is 56.7 Å². The Labute approximate surface area is 160 Å². The number of carbonyl (C=O) groups is 1. The Bertz CT molecular complexity index is 721. The van der Waals surface area contributed by atoms with Crippen LogP contribution < -0.4 is 16.2 Å². The smallest absolute Gasteiger partial charge is 0.265 e. The molecular formula is C21H28N4O2. The van der Waals surface area contributed by atoms with Gasteiger partial charge in [0.05, 0.1) is 6.61 Å². The third-order valence-corrected chi connectivity index (χ3v) is 5.08. The first kappa shape index (κ1) is 19.4. The molecule has 144 valence electrons. The number of anilines is 1. The molecule has 6 nitrogen and oxygen atoms in total. The van der Waals surface area contributed by atoms with Crippen molar-refractivity contribution in [3.05, 3.63) is 65.7 Å². The van der Waals surface area contributed by atoms with Crippen molar-refractivity contribution in [2.75, 3.05) is 44.8 Å². The number of rotatable bonds is 7. The van der Waals surface area contributed by atoms with Crippen molar-refractivity contribution in [1.29, 1.82) is 0 Å². The zero-order chi connectivity index (χ0) is 19.1. The van der Waals surface area contributed by atoms with Gasteiger partial charge in [0.1, 0.15) is 0 Å². The molecule has 3 N–H and O–H groups in total. The van der Waals surface area contributed by atoms with E-state index in [-0.39, 0.29) is 5.91 Å². The first-order valence-corrected chi connectivity index (χ1v) is 9.34. The summed E-state index contributed by atoms with van der Waals surface area (Å²) in [5.74, 6) is 4.94. The van der Waals surface area contributed by atoms with Crippen molar-refractivity contribution in [2.45, 2.75) is 12.5 Å². The number of piperazine rings is 1. The summed E-state index contributed by atoms with van der Waals surface area (Å²) in [7, 11) is 1.75. The zero-order valence-corrected chi connectivity index (χ0v) is 15.8. The van der Waals surface area contributed by atoms with Crippen molar-refractivity contribution in [1.82, 2.24) is 10.3 Å². The van der Waals surface area contributed by atoms with E-state index in [1.54, 1.807) is 7.11 Å². The van der Waals surface area contributed by atoms with Gasteiger partial charge in [0.2, 0.25) is 0 Å². The third-order valence-electron chi connectivity index (χ3n) is 5.08. The van der Waals surface area contributed by atoms with Crippen LogP contribution in [0, 0.1) is 0 Å². The van der Waals surface area contributed by atoms with E-state index >= 15 is 0 Å². The molecule has 0 bridgehead atoms. The summed E-state index contributed by atoms with van der Waals surface area (Å²) in [5.41, 5.74) is 5.21. The van der Waals surface area contributed by atoms with Gasteiger partial charge in [-0.1, -0.05) is 30.3 Å². The second kappa shape index (κ2) is 9.50. The molecule has 0 aliphatic carbocycles. The number of amides is 1. The number of carbonyl (C=O) groups excluding carboxylic acids is 1. The fraction of sp³-hybridized carbons (Fsp3) is 0.381. The monoisotopic (exact) mass is 368 g/mol. The van der Waals surface area contributed by atoms with Gasteiger partial charge in [-0.2, -0.15) is 0 Å². The maximum absolute atomic E-state index is 11.6. The highest BCUT2D eigenvalue weighted by Crippen LogP contribution is 2.23. The van der Waals surface area contributed by atoms with Crippen molar-refractivity contribution in [3.8, 4) is 0 Å². The summed E-state index contributed by atoms with van der Waals surface area (Å²) in [6.07, 6.45) is 0.920. The van der Waals surface area contributed by atoms with Crippen molar-refractivity contribution in [3.63, 3.8) is 0 Å². The van der Waals surface area contributed by atoms with E-state index in [9.17, 15) is 4.79 Å². The maximum atomic E-state index is 11.6. The van der Waals surface area contributed by atoms with E-state index in [1.807, 2.05) is 24.3 Å². The second-order valence-corrected chi connectivity index (χ2v) is 6.85. The van der Waals surface area contributed by atoms with Crippen molar-refractivity contribution in [2.24, 2.45) is 5.84 Å². The number of nitrogens with two attached hydrogens (primary N) is 1. The van der Waals surface area contributed by atoms with Gasteiger partial charge < -0.3 is 9.64 Å².